The van der Waals surface area contributed by atoms with Crippen LogP contribution in [0, 0.1) is 6.92 Å². The Morgan fingerprint density at radius 3 is 2.35 bits per heavy atom. The number of fused-ring (bicyclic) bond motifs is 4. The molecule has 2 aliphatic carbocycles. The molecule has 4 aromatic carbocycles. The molecule has 0 saturated carbocycles. The number of benzene rings is 4. The van der Waals surface area contributed by atoms with Crippen LogP contribution in [0.3, 0.4) is 0 Å². The summed E-state index contributed by atoms with van der Waals surface area (Å²) >= 11 is 0. The molecule has 0 spiro atoms. The van der Waals surface area contributed by atoms with Crippen molar-refractivity contribution in [3.8, 4) is 28.6 Å². The zero-order valence-electron chi connectivity index (χ0n) is 25.3. The van der Waals surface area contributed by atoms with Gasteiger partial charge < -0.3 is 19.8 Å². The van der Waals surface area contributed by atoms with Gasteiger partial charge in [0, 0.05) is 23.1 Å². The van der Waals surface area contributed by atoms with Crippen molar-refractivity contribution in [1.82, 2.24) is 9.97 Å². The molecule has 46 heavy (non-hydrogen) atoms. The molecule has 0 amide bonds. The largest absolute Gasteiger partial charge is 0.508 e. The van der Waals surface area contributed by atoms with E-state index in [1.54, 1.807) is 30.3 Å². The quantitative estimate of drug-likeness (QED) is 0.203. The van der Waals surface area contributed by atoms with Crippen LogP contribution >= 0.6 is 0 Å². The molecule has 0 saturated heterocycles. The summed E-state index contributed by atoms with van der Waals surface area (Å²) in [5, 5.41) is 9.16. The fourth-order valence-electron chi connectivity index (χ4n) is 5.59. The summed E-state index contributed by atoms with van der Waals surface area (Å²) < 4.78 is 37.1. The van der Waals surface area contributed by atoms with Crippen LogP contribution in [0.5, 0.6) is 17.4 Å². The Morgan fingerprint density at radius 1 is 0.826 bits per heavy atom. The Kier molecular flexibility index (Phi) is 8.72. The van der Waals surface area contributed by atoms with E-state index in [-0.39, 0.29) is 28.3 Å². The van der Waals surface area contributed by atoms with Crippen LogP contribution in [0.4, 0.5) is 5.95 Å². The zero-order valence-corrected chi connectivity index (χ0v) is 26.1. The minimum absolute atomic E-state index is 0.0295. The molecule has 0 aliphatic heterocycles. The Bertz CT molecular complexity index is 2010. The zero-order chi connectivity index (χ0) is 32.3. The van der Waals surface area contributed by atoms with Crippen LogP contribution in [0.2, 0.25) is 0 Å². The molecular formula is C36H33N3O6S. The Morgan fingerprint density at radius 2 is 1.57 bits per heavy atom. The predicted octanol–water partition coefficient (Wildman–Crippen LogP) is 6.39. The average molecular weight is 636 g/mol. The van der Waals surface area contributed by atoms with Crippen LogP contribution in [0.15, 0.2) is 95.9 Å². The topological polar surface area (TPSA) is 142 Å². The van der Waals surface area contributed by atoms with Crippen molar-refractivity contribution in [1.29, 1.82) is 0 Å². The van der Waals surface area contributed by atoms with Gasteiger partial charge in [0.05, 0.1) is 5.69 Å². The van der Waals surface area contributed by atoms with Crippen molar-refractivity contribution in [2.45, 2.75) is 50.5 Å². The number of nitrogen functional groups attached to an aromatic ring is 1. The number of carbonyl (C=O) groups is 1. The predicted molar refractivity (Wildman–Crippen MR) is 174 cm³/mol. The molecule has 234 valence electrons. The molecule has 9 nitrogen and oxygen atoms in total. The lowest BCUT2D eigenvalue weighted by Gasteiger charge is -2.21. The third-order valence-electron chi connectivity index (χ3n) is 7.95. The molecule has 0 atom stereocenters. The number of ketones is 1. The summed E-state index contributed by atoms with van der Waals surface area (Å²) in [6, 6.07) is 27.2. The van der Waals surface area contributed by atoms with Crippen LogP contribution in [0.1, 0.15) is 51.0 Å². The highest BCUT2D eigenvalue weighted by atomic mass is 32.2. The number of phenolic OH excluding ortho intramolecular Hbond substituents is 1. The van der Waals surface area contributed by atoms with Crippen molar-refractivity contribution < 1.29 is 27.2 Å². The first-order valence-electron chi connectivity index (χ1n) is 15.0. The summed E-state index contributed by atoms with van der Waals surface area (Å²) in [5.74, 6) is 1.13. The number of aromatic hydroxyl groups is 1. The first-order chi connectivity index (χ1) is 22.2. The summed E-state index contributed by atoms with van der Waals surface area (Å²) in [7, 11) is -4.06. The number of aromatic nitrogens is 2. The lowest BCUT2D eigenvalue weighted by molar-refractivity contribution is 0.0972. The van der Waals surface area contributed by atoms with Crippen LogP contribution in [-0.2, 0) is 36.0 Å². The first-order valence-corrected chi connectivity index (χ1v) is 16.4. The maximum atomic E-state index is 12.8. The van der Waals surface area contributed by atoms with E-state index in [2.05, 4.69) is 9.97 Å². The van der Waals surface area contributed by atoms with Crippen molar-refractivity contribution in [2.24, 2.45) is 0 Å². The normalized spacial score (nSPS) is 13.4. The molecule has 7 rings (SSSR count). The van der Waals surface area contributed by atoms with Gasteiger partial charge in [-0.3, -0.25) is 4.79 Å². The average Bonchev–Trinajstić information content (AvgIpc) is 3.04. The Balaban J connectivity index is 0.000000259. The maximum Gasteiger partial charge on any atom is 0.340 e. The SMILES string of the molecule is Cc1ccc(S(=O)(=O)Oc2nc(N)nc3c2CCc2cc(OCc4ccccc4)ccc2-3)cc1.O=C1CCCc2cc(O)ccc21. The van der Waals surface area contributed by atoms with Crippen LogP contribution in [0.25, 0.3) is 11.3 Å². The molecule has 3 N–H and O–H groups in total. The van der Waals surface area contributed by atoms with E-state index in [0.717, 1.165) is 52.0 Å². The molecular weight excluding hydrogens is 602 g/mol. The van der Waals surface area contributed by atoms with Gasteiger partial charge in [-0.15, -0.1) is 0 Å². The van der Waals surface area contributed by atoms with Gasteiger partial charge in [-0.05, 0) is 97.8 Å². The lowest BCUT2D eigenvalue weighted by atomic mass is 9.89. The van der Waals surface area contributed by atoms with Gasteiger partial charge in [0.15, 0.2) is 5.78 Å². The summed E-state index contributed by atoms with van der Waals surface area (Å²) in [6.45, 7) is 2.36. The second-order valence-corrected chi connectivity index (χ2v) is 12.8. The number of Topliss-reactive ketones (excluding diaryl/α,β-unsaturated/α-hetero) is 1. The number of hydrogen-bond donors (Lipinski definition) is 2. The van der Waals surface area contributed by atoms with E-state index in [1.807, 2.05) is 55.5 Å². The maximum absolute atomic E-state index is 12.8. The summed E-state index contributed by atoms with van der Waals surface area (Å²) in [4.78, 5) is 19.9. The minimum atomic E-state index is -4.06. The molecule has 0 fully saturated rings. The number of rotatable bonds is 6. The number of carbonyl (C=O) groups excluding carboxylic acids is 1. The molecule has 1 aromatic heterocycles. The van der Waals surface area contributed by atoms with Crippen molar-refractivity contribution in [3.05, 3.63) is 124 Å². The number of nitrogens with two attached hydrogens (primary N) is 1. The van der Waals surface area contributed by atoms with Gasteiger partial charge in [-0.1, -0.05) is 48.0 Å². The van der Waals surface area contributed by atoms with Gasteiger partial charge in [0.1, 0.15) is 23.0 Å². The molecule has 2 aliphatic rings. The molecule has 0 radical (unpaired) electrons. The smallest absolute Gasteiger partial charge is 0.340 e. The second-order valence-electron chi connectivity index (χ2n) is 11.3. The van der Waals surface area contributed by atoms with Crippen LogP contribution in [-0.4, -0.2) is 29.3 Å². The highest BCUT2D eigenvalue weighted by Crippen LogP contribution is 2.39. The number of hydrogen-bond acceptors (Lipinski definition) is 9. The van der Waals surface area contributed by atoms with E-state index < -0.39 is 10.1 Å². The van der Waals surface area contributed by atoms with Crippen molar-refractivity contribution in [3.63, 3.8) is 0 Å². The van der Waals surface area contributed by atoms with Gasteiger partial charge in [0.2, 0.25) is 11.8 Å². The number of nitrogens with zero attached hydrogens (tertiary/aromatic N) is 2. The second kappa shape index (κ2) is 13.0. The van der Waals surface area contributed by atoms with E-state index >= 15 is 0 Å². The molecule has 0 bridgehead atoms. The van der Waals surface area contributed by atoms with Gasteiger partial charge in [-0.25, -0.2) is 4.98 Å². The number of ether oxygens (including phenoxy) is 1. The van der Waals surface area contributed by atoms with E-state index in [1.165, 1.54) is 12.1 Å². The van der Waals surface area contributed by atoms with Gasteiger partial charge >= 0.3 is 10.1 Å². The Labute approximate surface area is 267 Å². The van der Waals surface area contributed by atoms with Gasteiger partial charge in [-0.2, -0.15) is 13.4 Å². The molecule has 10 heteroatoms. The third kappa shape index (κ3) is 6.87. The van der Waals surface area contributed by atoms with Crippen LogP contribution < -0.4 is 14.7 Å². The monoisotopic (exact) mass is 635 g/mol. The Hall–Kier alpha value is -5.22. The third-order valence-corrected chi connectivity index (χ3v) is 9.18. The first kappa shape index (κ1) is 30.8. The minimum Gasteiger partial charge on any atom is -0.508 e. The number of phenols is 1. The van der Waals surface area contributed by atoms with E-state index in [9.17, 15) is 13.2 Å². The lowest BCUT2D eigenvalue weighted by Crippen LogP contribution is -2.16. The fraction of sp³-hybridized carbons (Fsp3) is 0.194. The molecule has 1 heterocycles. The number of aryl methyl sites for hydroxylation is 3. The molecule has 5 aromatic rings. The van der Waals surface area contributed by atoms with E-state index in [0.29, 0.717) is 37.1 Å². The highest BCUT2D eigenvalue weighted by molar-refractivity contribution is 7.87. The summed E-state index contributed by atoms with van der Waals surface area (Å²) in [5.41, 5.74) is 12.9. The van der Waals surface area contributed by atoms with Crippen molar-refractivity contribution >= 4 is 21.8 Å². The van der Waals surface area contributed by atoms with E-state index in [4.69, 9.17) is 19.8 Å². The number of anilines is 1. The summed E-state index contributed by atoms with van der Waals surface area (Å²) in [6.07, 6.45) is 3.66. The van der Waals surface area contributed by atoms with Crippen molar-refractivity contribution in [2.75, 3.05) is 5.73 Å². The molecule has 0 unspecified atom stereocenters. The standard InChI is InChI=1S/C26H23N3O4S.C10H10O2/c1-17-7-11-21(12-8-17)34(30,31)33-25-23-13-9-19-15-20(32-16-18-5-3-2-4-6-18)10-14-22(19)24(23)28-26(27)29-25;11-8-4-5-9-7(6-8)2-1-3-10(9)12/h2-8,10-12,14-15H,9,13,16H2,1H3,(H2,27,28,29);4-6,11H,1-3H2. The fourth-order valence-corrected chi connectivity index (χ4v) is 6.50. The van der Waals surface area contributed by atoms with Gasteiger partial charge in [0.25, 0.3) is 0 Å². The highest BCUT2D eigenvalue weighted by Gasteiger charge is 2.27.